The first-order valence-electron chi connectivity index (χ1n) is 4.68. The number of amides is 3. The van der Waals surface area contributed by atoms with Crippen LogP contribution in [0.25, 0.3) is 0 Å². The molecule has 0 heterocycles. The lowest BCUT2D eigenvalue weighted by Crippen LogP contribution is -2.36. The first-order chi connectivity index (χ1) is 8.02. The van der Waals surface area contributed by atoms with E-state index in [1.807, 2.05) is 5.32 Å². The van der Waals surface area contributed by atoms with Crippen LogP contribution in [0.5, 0.6) is 5.75 Å². The summed E-state index contributed by atoms with van der Waals surface area (Å²) >= 11 is 1.23. The van der Waals surface area contributed by atoms with Crippen LogP contribution < -0.4 is 21.5 Å². The summed E-state index contributed by atoms with van der Waals surface area (Å²) in [5, 5.41) is 1.98. The van der Waals surface area contributed by atoms with Crippen LogP contribution >= 0.6 is 11.8 Å². The van der Waals surface area contributed by atoms with E-state index in [0.29, 0.717) is 11.4 Å². The minimum Gasteiger partial charge on any atom is -0.496 e. The van der Waals surface area contributed by atoms with E-state index in [1.54, 1.807) is 18.2 Å². The lowest BCUT2D eigenvalue weighted by atomic mass is 10.3. The fourth-order valence-corrected chi connectivity index (χ4v) is 1.93. The van der Waals surface area contributed by atoms with E-state index < -0.39 is 11.9 Å². The number of imide groups is 1. The SMILES string of the molecule is COc1cc(N)ccc1SCC(=O)NC(N)=O. The summed E-state index contributed by atoms with van der Waals surface area (Å²) < 4.78 is 5.12. The number of carbonyl (C=O) groups excluding carboxylic acids is 2. The predicted molar refractivity (Wildman–Crippen MR) is 65.9 cm³/mol. The molecule has 17 heavy (non-hydrogen) atoms. The Kier molecular flexibility index (Phi) is 4.65. The van der Waals surface area contributed by atoms with Crippen molar-refractivity contribution in [3.8, 4) is 5.75 Å². The molecular weight excluding hydrogens is 242 g/mol. The van der Waals surface area contributed by atoms with Gasteiger partial charge < -0.3 is 16.2 Å². The van der Waals surface area contributed by atoms with Gasteiger partial charge in [0.1, 0.15) is 5.75 Å². The fraction of sp³-hybridized carbons (Fsp3) is 0.200. The van der Waals surface area contributed by atoms with Crippen molar-refractivity contribution in [2.45, 2.75) is 4.90 Å². The Morgan fingerprint density at radius 3 is 2.76 bits per heavy atom. The van der Waals surface area contributed by atoms with Gasteiger partial charge >= 0.3 is 6.03 Å². The van der Waals surface area contributed by atoms with Crippen molar-refractivity contribution in [1.29, 1.82) is 0 Å². The smallest absolute Gasteiger partial charge is 0.318 e. The van der Waals surface area contributed by atoms with E-state index in [-0.39, 0.29) is 5.75 Å². The Labute approximate surface area is 103 Å². The number of urea groups is 1. The number of thioether (sulfide) groups is 1. The molecule has 0 spiro atoms. The summed E-state index contributed by atoms with van der Waals surface area (Å²) in [6, 6.07) is 4.25. The molecule has 1 aromatic carbocycles. The Balaban J connectivity index is 2.63. The second-order valence-corrected chi connectivity index (χ2v) is 4.13. The van der Waals surface area contributed by atoms with Crippen LogP contribution in [0.2, 0.25) is 0 Å². The zero-order chi connectivity index (χ0) is 12.8. The van der Waals surface area contributed by atoms with Gasteiger partial charge in [0, 0.05) is 16.6 Å². The molecule has 0 fully saturated rings. The van der Waals surface area contributed by atoms with Crippen LogP contribution in [0.15, 0.2) is 23.1 Å². The van der Waals surface area contributed by atoms with Crippen LogP contribution in [-0.2, 0) is 4.79 Å². The molecular formula is C10H13N3O3S. The number of hydrogen-bond acceptors (Lipinski definition) is 5. The molecule has 0 aromatic heterocycles. The molecule has 92 valence electrons. The second kappa shape index (κ2) is 6.00. The number of methoxy groups -OCH3 is 1. The summed E-state index contributed by atoms with van der Waals surface area (Å²) in [5.74, 6) is 0.201. The molecule has 0 bridgehead atoms. The minimum atomic E-state index is -0.861. The zero-order valence-electron chi connectivity index (χ0n) is 9.23. The average molecular weight is 255 g/mol. The number of ether oxygens (including phenoxy) is 1. The van der Waals surface area contributed by atoms with Crippen molar-refractivity contribution < 1.29 is 14.3 Å². The molecule has 0 unspecified atom stereocenters. The van der Waals surface area contributed by atoms with Gasteiger partial charge in [-0.05, 0) is 12.1 Å². The highest BCUT2D eigenvalue weighted by atomic mass is 32.2. The quantitative estimate of drug-likeness (QED) is 0.538. The van der Waals surface area contributed by atoms with Crippen molar-refractivity contribution in [3.05, 3.63) is 18.2 Å². The molecule has 0 aliphatic carbocycles. The number of nitrogens with one attached hydrogen (secondary N) is 1. The topological polar surface area (TPSA) is 107 Å². The Morgan fingerprint density at radius 2 is 2.18 bits per heavy atom. The van der Waals surface area contributed by atoms with Crippen LogP contribution in [0.3, 0.4) is 0 Å². The van der Waals surface area contributed by atoms with Gasteiger partial charge in [-0.25, -0.2) is 4.79 Å². The summed E-state index contributed by atoms with van der Waals surface area (Å²) in [6.07, 6.45) is 0. The van der Waals surface area contributed by atoms with Gasteiger partial charge in [0.05, 0.1) is 12.9 Å². The Morgan fingerprint density at radius 1 is 1.47 bits per heavy atom. The molecule has 0 saturated carbocycles. The third-order valence-corrected chi connectivity index (χ3v) is 2.86. The Bertz CT molecular complexity index is 437. The van der Waals surface area contributed by atoms with Crippen molar-refractivity contribution >= 4 is 29.4 Å². The largest absolute Gasteiger partial charge is 0.496 e. The van der Waals surface area contributed by atoms with Gasteiger partial charge in [-0.1, -0.05) is 0 Å². The zero-order valence-corrected chi connectivity index (χ0v) is 10.0. The maximum atomic E-state index is 11.2. The predicted octanol–water partition coefficient (Wildman–Crippen LogP) is 0.564. The normalized spacial score (nSPS) is 9.71. The third-order valence-electron chi connectivity index (χ3n) is 1.81. The molecule has 7 heteroatoms. The van der Waals surface area contributed by atoms with Crippen LogP contribution in [0.1, 0.15) is 0 Å². The summed E-state index contributed by atoms with van der Waals surface area (Å²) in [6.45, 7) is 0. The highest BCUT2D eigenvalue weighted by Crippen LogP contribution is 2.30. The molecule has 0 saturated heterocycles. The van der Waals surface area contributed by atoms with Gasteiger partial charge in [0.15, 0.2) is 0 Å². The minimum absolute atomic E-state index is 0.0726. The number of rotatable bonds is 4. The Hall–Kier alpha value is -1.89. The van der Waals surface area contributed by atoms with Gasteiger partial charge in [0.2, 0.25) is 5.91 Å². The third kappa shape index (κ3) is 4.23. The van der Waals surface area contributed by atoms with E-state index in [1.165, 1.54) is 18.9 Å². The highest BCUT2D eigenvalue weighted by molar-refractivity contribution is 8.00. The molecule has 0 aliphatic heterocycles. The van der Waals surface area contributed by atoms with Gasteiger partial charge in [-0.2, -0.15) is 0 Å². The van der Waals surface area contributed by atoms with Gasteiger partial charge in [0.25, 0.3) is 0 Å². The number of benzene rings is 1. The lowest BCUT2D eigenvalue weighted by Gasteiger charge is -2.08. The van der Waals surface area contributed by atoms with Crippen LogP contribution in [0.4, 0.5) is 10.5 Å². The van der Waals surface area contributed by atoms with Crippen molar-refractivity contribution in [2.75, 3.05) is 18.6 Å². The molecule has 6 nitrogen and oxygen atoms in total. The van der Waals surface area contributed by atoms with E-state index in [2.05, 4.69) is 0 Å². The van der Waals surface area contributed by atoms with Crippen molar-refractivity contribution in [3.63, 3.8) is 0 Å². The van der Waals surface area contributed by atoms with Crippen LogP contribution in [-0.4, -0.2) is 24.8 Å². The standard InChI is InChI=1S/C10H13N3O3S/c1-16-7-4-6(11)2-3-8(7)17-5-9(14)13-10(12)15/h2-4H,5,11H2,1H3,(H3,12,13,14,15). The number of nitrogens with two attached hydrogens (primary N) is 2. The molecule has 3 amide bonds. The maximum absolute atomic E-state index is 11.2. The first-order valence-corrected chi connectivity index (χ1v) is 5.67. The molecule has 5 N–H and O–H groups in total. The van der Waals surface area contributed by atoms with E-state index in [4.69, 9.17) is 16.2 Å². The second-order valence-electron chi connectivity index (χ2n) is 3.11. The van der Waals surface area contributed by atoms with Crippen molar-refractivity contribution in [1.82, 2.24) is 5.32 Å². The number of anilines is 1. The summed E-state index contributed by atoms with van der Waals surface area (Å²) in [5.41, 5.74) is 11.0. The molecule has 1 rings (SSSR count). The number of hydrogen-bond donors (Lipinski definition) is 3. The van der Waals surface area contributed by atoms with E-state index >= 15 is 0 Å². The van der Waals surface area contributed by atoms with Gasteiger partial charge in [-0.15, -0.1) is 11.8 Å². The number of primary amides is 1. The number of carbonyl (C=O) groups is 2. The van der Waals surface area contributed by atoms with Crippen molar-refractivity contribution in [2.24, 2.45) is 5.73 Å². The fourth-order valence-electron chi connectivity index (χ4n) is 1.12. The van der Waals surface area contributed by atoms with E-state index in [0.717, 1.165) is 4.90 Å². The number of nitrogen functional groups attached to an aromatic ring is 1. The molecule has 0 aliphatic rings. The lowest BCUT2D eigenvalue weighted by molar-refractivity contribution is -0.117. The monoisotopic (exact) mass is 255 g/mol. The summed E-state index contributed by atoms with van der Waals surface area (Å²) in [4.78, 5) is 22.4. The van der Waals surface area contributed by atoms with Crippen LogP contribution in [0, 0.1) is 0 Å². The molecule has 1 aromatic rings. The molecule has 0 atom stereocenters. The summed E-state index contributed by atoms with van der Waals surface area (Å²) in [7, 11) is 1.52. The highest BCUT2D eigenvalue weighted by Gasteiger charge is 2.08. The maximum Gasteiger partial charge on any atom is 0.318 e. The van der Waals surface area contributed by atoms with Gasteiger partial charge in [-0.3, -0.25) is 10.1 Å². The average Bonchev–Trinajstić information content (AvgIpc) is 2.26. The van der Waals surface area contributed by atoms with E-state index in [9.17, 15) is 9.59 Å². The first kappa shape index (κ1) is 13.2. The molecule has 0 radical (unpaired) electrons.